The molecule has 0 radical (unpaired) electrons. The number of thiophene rings is 1. The summed E-state index contributed by atoms with van der Waals surface area (Å²) in [5, 5.41) is 14.8. The second-order valence-corrected chi connectivity index (χ2v) is 7.11. The summed E-state index contributed by atoms with van der Waals surface area (Å²) in [6.45, 7) is 1.88. The Kier molecular flexibility index (Phi) is 5.14. The molecule has 1 amide bonds. The molecule has 0 spiro atoms. The Morgan fingerprint density at radius 3 is 2.61 bits per heavy atom. The predicted molar refractivity (Wildman–Crippen MR) is 83.9 cm³/mol. The first kappa shape index (κ1) is 17.1. The van der Waals surface area contributed by atoms with Gasteiger partial charge in [-0.3, -0.25) is 4.79 Å². The van der Waals surface area contributed by atoms with Crippen molar-refractivity contribution in [3.8, 4) is 0 Å². The van der Waals surface area contributed by atoms with Crippen molar-refractivity contribution in [3.63, 3.8) is 0 Å². The summed E-state index contributed by atoms with van der Waals surface area (Å²) >= 11 is 0.950. The number of carboxylic acids is 1. The lowest BCUT2D eigenvalue weighted by Crippen LogP contribution is -2.24. The zero-order valence-corrected chi connectivity index (χ0v) is 13.7. The molecule has 0 unspecified atom stereocenters. The van der Waals surface area contributed by atoms with E-state index in [0.717, 1.165) is 11.3 Å². The lowest BCUT2D eigenvalue weighted by atomic mass is 10.2. The first-order valence-electron chi connectivity index (χ1n) is 6.55. The minimum Gasteiger partial charge on any atom is -0.545 e. The monoisotopic (exact) mass is 353 g/mol. The Labute approximate surface area is 137 Å². The average molecular weight is 353 g/mol. The number of aromatic carboxylic acids is 1. The summed E-state index contributed by atoms with van der Waals surface area (Å²) < 4.78 is 26.0. The normalized spacial score (nSPS) is 11.2. The van der Waals surface area contributed by atoms with Gasteiger partial charge in [0.05, 0.1) is 21.4 Å². The smallest absolute Gasteiger partial charge is 0.265 e. The van der Waals surface area contributed by atoms with Crippen LogP contribution in [-0.2, 0) is 10.0 Å². The average Bonchev–Trinajstić information content (AvgIpc) is 2.98. The van der Waals surface area contributed by atoms with Crippen molar-refractivity contribution in [2.75, 3.05) is 11.9 Å². The third kappa shape index (κ3) is 3.95. The molecule has 122 valence electrons. The Hall–Kier alpha value is -2.23. The van der Waals surface area contributed by atoms with Gasteiger partial charge in [0.15, 0.2) is 0 Å². The third-order valence-corrected chi connectivity index (χ3v) is 5.44. The number of carbonyl (C=O) groups excluding carboxylic acids is 2. The zero-order chi connectivity index (χ0) is 17.0. The molecule has 1 aromatic carbocycles. The predicted octanol–water partition coefficient (Wildman–Crippen LogP) is 0.662. The molecule has 0 fully saturated rings. The summed E-state index contributed by atoms with van der Waals surface area (Å²) in [6, 6.07) is 7.04. The van der Waals surface area contributed by atoms with E-state index in [2.05, 4.69) is 10.0 Å². The number of anilines is 1. The molecule has 0 saturated carbocycles. The highest BCUT2D eigenvalue weighted by Gasteiger charge is 2.18. The van der Waals surface area contributed by atoms with Crippen LogP contribution in [0.5, 0.6) is 0 Å². The molecule has 2 rings (SSSR count). The number of benzene rings is 1. The van der Waals surface area contributed by atoms with Gasteiger partial charge in [-0.2, -0.15) is 0 Å². The van der Waals surface area contributed by atoms with Gasteiger partial charge in [-0.25, -0.2) is 13.1 Å². The fourth-order valence-electron chi connectivity index (χ4n) is 1.81. The standard InChI is InChI=1S/C14H14N2O5S2/c1-2-15-23(20,21)9-7-12(22-8-9)13(17)16-11-6-4-3-5-10(11)14(18)19/h3-8,15H,2H2,1H3,(H,16,17)(H,18,19)/p-1. The quantitative estimate of drug-likeness (QED) is 0.792. The van der Waals surface area contributed by atoms with E-state index in [1.807, 2.05) is 0 Å². The van der Waals surface area contributed by atoms with Gasteiger partial charge in [-0.15, -0.1) is 11.3 Å². The SMILES string of the molecule is CCNS(=O)(=O)c1csc(C(=O)Nc2ccccc2C(=O)[O-])c1. The summed E-state index contributed by atoms with van der Waals surface area (Å²) in [5.41, 5.74) is -0.0695. The van der Waals surface area contributed by atoms with Gasteiger partial charge >= 0.3 is 0 Å². The number of nitrogens with one attached hydrogen (secondary N) is 2. The summed E-state index contributed by atoms with van der Waals surface area (Å²) in [5.74, 6) is -2.01. The van der Waals surface area contributed by atoms with Crippen molar-refractivity contribution < 1.29 is 23.1 Å². The van der Waals surface area contributed by atoms with E-state index in [1.165, 1.54) is 29.6 Å². The van der Waals surface area contributed by atoms with E-state index in [9.17, 15) is 23.1 Å². The maximum atomic E-state index is 12.2. The second kappa shape index (κ2) is 6.90. The first-order chi connectivity index (χ1) is 10.8. The topological polar surface area (TPSA) is 115 Å². The molecule has 7 nitrogen and oxygen atoms in total. The molecule has 0 atom stereocenters. The Morgan fingerprint density at radius 1 is 1.26 bits per heavy atom. The van der Waals surface area contributed by atoms with Crippen LogP contribution in [0.3, 0.4) is 0 Å². The number of amides is 1. The maximum absolute atomic E-state index is 12.2. The number of carboxylic acid groups (broad SMARTS) is 1. The van der Waals surface area contributed by atoms with E-state index in [4.69, 9.17) is 0 Å². The van der Waals surface area contributed by atoms with Crippen LogP contribution in [0.1, 0.15) is 27.0 Å². The van der Waals surface area contributed by atoms with Crippen LogP contribution in [0.15, 0.2) is 40.6 Å². The van der Waals surface area contributed by atoms with Crippen LogP contribution in [0.4, 0.5) is 5.69 Å². The number of para-hydroxylation sites is 1. The lowest BCUT2D eigenvalue weighted by molar-refractivity contribution is -0.254. The van der Waals surface area contributed by atoms with E-state index in [-0.39, 0.29) is 27.6 Å². The van der Waals surface area contributed by atoms with E-state index in [0.29, 0.717) is 0 Å². The van der Waals surface area contributed by atoms with Gasteiger partial charge in [-0.1, -0.05) is 25.1 Å². The summed E-state index contributed by atoms with van der Waals surface area (Å²) in [4.78, 5) is 23.3. The number of carbonyl (C=O) groups is 2. The summed E-state index contributed by atoms with van der Waals surface area (Å²) in [6.07, 6.45) is 0. The molecule has 0 aliphatic rings. The molecular weight excluding hydrogens is 340 g/mol. The highest BCUT2D eigenvalue weighted by Crippen LogP contribution is 2.21. The molecule has 2 aromatic rings. The van der Waals surface area contributed by atoms with Crippen molar-refractivity contribution in [3.05, 3.63) is 46.2 Å². The number of sulfonamides is 1. The molecule has 23 heavy (non-hydrogen) atoms. The van der Waals surface area contributed by atoms with Crippen molar-refractivity contribution >= 4 is 38.9 Å². The van der Waals surface area contributed by atoms with Gasteiger partial charge in [-0.05, 0) is 12.1 Å². The van der Waals surface area contributed by atoms with Crippen molar-refractivity contribution in [1.82, 2.24) is 4.72 Å². The highest BCUT2D eigenvalue weighted by molar-refractivity contribution is 7.89. The van der Waals surface area contributed by atoms with Crippen molar-refractivity contribution in [2.45, 2.75) is 11.8 Å². The molecule has 0 aliphatic carbocycles. The summed E-state index contributed by atoms with van der Waals surface area (Å²) in [7, 11) is -3.64. The Balaban J connectivity index is 2.23. The molecule has 0 saturated heterocycles. The first-order valence-corrected chi connectivity index (χ1v) is 8.91. The molecule has 9 heteroatoms. The Morgan fingerprint density at radius 2 is 1.96 bits per heavy atom. The van der Waals surface area contributed by atoms with Crippen molar-refractivity contribution in [1.29, 1.82) is 0 Å². The highest BCUT2D eigenvalue weighted by atomic mass is 32.2. The molecule has 1 heterocycles. The molecule has 0 bridgehead atoms. The van der Waals surface area contributed by atoms with Crippen LogP contribution >= 0.6 is 11.3 Å². The van der Waals surface area contributed by atoms with Gasteiger partial charge in [0.1, 0.15) is 0 Å². The van der Waals surface area contributed by atoms with Gasteiger partial charge in [0.25, 0.3) is 5.91 Å². The van der Waals surface area contributed by atoms with E-state index >= 15 is 0 Å². The van der Waals surface area contributed by atoms with Gasteiger partial charge in [0, 0.05) is 17.5 Å². The second-order valence-electron chi connectivity index (χ2n) is 4.44. The number of hydrogen-bond acceptors (Lipinski definition) is 6. The van der Waals surface area contributed by atoms with Gasteiger partial charge in [0.2, 0.25) is 10.0 Å². The maximum Gasteiger partial charge on any atom is 0.265 e. The lowest BCUT2D eigenvalue weighted by Gasteiger charge is -2.10. The molecular formula is C14H13N2O5S2-. The van der Waals surface area contributed by atoms with Crippen LogP contribution in [0, 0.1) is 0 Å². The number of hydrogen-bond donors (Lipinski definition) is 2. The van der Waals surface area contributed by atoms with Crippen LogP contribution in [0.25, 0.3) is 0 Å². The molecule has 1 aromatic heterocycles. The third-order valence-electron chi connectivity index (χ3n) is 2.84. The Bertz CT molecular complexity index is 842. The molecule has 0 aliphatic heterocycles. The van der Waals surface area contributed by atoms with Gasteiger partial charge < -0.3 is 15.2 Å². The van der Waals surface area contributed by atoms with Crippen molar-refractivity contribution in [2.24, 2.45) is 0 Å². The minimum absolute atomic E-state index is 0.0114. The fourth-order valence-corrected chi connectivity index (χ4v) is 4.02. The van der Waals surface area contributed by atoms with E-state index < -0.39 is 21.9 Å². The van der Waals surface area contributed by atoms with Crippen LogP contribution < -0.4 is 15.1 Å². The largest absolute Gasteiger partial charge is 0.545 e. The van der Waals surface area contributed by atoms with Crippen LogP contribution in [-0.4, -0.2) is 26.8 Å². The zero-order valence-electron chi connectivity index (χ0n) is 12.0. The fraction of sp³-hybridized carbons (Fsp3) is 0.143. The van der Waals surface area contributed by atoms with E-state index in [1.54, 1.807) is 13.0 Å². The van der Waals surface area contributed by atoms with Crippen LogP contribution in [0.2, 0.25) is 0 Å². The minimum atomic E-state index is -3.64. The molecule has 2 N–H and O–H groups in total. The number of rotatable bonds is 6.